The maximum absolute atomic E-state index is 5.43. The van der Waals surface area contributed by atoms with Gasteiger partial charge in [0.05, 0.1) is 20.3 Å². The fourth-order valence-corrected chi connectivity index (χ4v) is 1.09. The lowest BCUT2D eigenvalue weighted by Gasteiger charge is -2.04. The van der Waals surface area contributed by atoms with Crippen LogP contribution in [0.15, 0.2) is 24.3 Å². The second-order valence-corrected chi connectivity index (χ2v) is 3.00. The quantitative estimate of drug-likeness (QED) is 0.759. The number of nitrogens with one attached hydrogen (secondary N) is 1. The van der Waals surface area contributed by atoms with Crippen LogP contribution in [0.3, 0.4) is 0 Å². The van der Waals surface area contributed by atoms with E-state index >= 15 is 0 Å². The number of ether oxygens (including phenoxy) is 2. The van der Waals surface area contributed by atoms with Crippen molar-refractivity contribution in [3.8, 4) is 5.75 Å². The monoisotopic (exact) mass is 231 g/mol. The Hall–Kier alpha value is -0.770. The Bertz CT molecular complexity index is 251. The van der Waals surface area contributed by atoms with Crippen molar-refractivity contribution in [3.05, 3.63) is 29.8 Å². The minimum Gasteiger partial charge on any atom is -0.497 e. The van der Waals surface area contributed by atoms with Gasteiger partial charge in [-0.05, 0) is 24.7 Å². The minimum atomic E-state index is 0. The van der Waals surface area contributed by atoms with Gasteiger partial charge in [-0.1, -0.05) is 12.1 Å². The Morgan fingerprint density at radius 2 is 1.87 bits per heavy atom. The molecule has 0 aliphatic rings. The molecule has 0 saturated heterocycles. The van der Waals surface area contributed by atoms with E-state index in [0.717, 1.165) is 18.9 Å². The molecule has 15 heavy (non-hydrogen) atoms. The highest BCUT2D eigenvalue weighted by Gasteiger charge is 1.94. The van der Waals surface area contributed by atoms with Gasteiger partial charge in [-0.15, -0.1) is 12.4 Å². The number of benzene rings is 1. The lowest BCUT2D eigenvalue weighted by Crippen LogP contribution is -2.13. The van der Waals surface area contributed by atoms with Crippen LogP contribution in [0.2, 0.25) is 0 Å². The summed E-state index contributed by atoms with van der Waals surface area (Å²) in [5.41, 5.74) is 1.17. The van der Waals surface area contributed by atoms with E-state index in [1.807, 2.05) is 31.3 Å². The van der Waals surface area contributed by atoms with Crippen molar-refractivity contribution >= 4 is 12.4 Å². The highest BCUT2D eigenvalue weighted by molar-refractivity contribution is 5.85. The third kappa shape index (κ3) is 5.62. The topological polar surface area (TPSA) is 30.5 Å². The van der Waals surface area contributed by atoms with Gasteiger partial charge in [-0.2, -0.15) is 0 Å². The van der Waals surface area contributed by atoms with Gasteiger partial charge in [0.2, 0.25) is 0 Å². The molecule has 4 heteroatoms. The molecule has 0 fully saturated rings. The van der Waals surface area contributed by atoms with Gasteiger partial charge in [0.25, 0.3) is 0 Å². The van der Waals surface area contributed by atoms with Crippen molar-refractivity contribution in [2.45, 2.75) is 6.61 Å². The van der Waals surface area contributed by atoms with Crippen molar-refractivity contribution in [3.63, 3.8) is 0 Å². The molecule has 86 valence electrons. The Morgan fingerprint density at radius 3 is 2.40 bits per heavy atom. The van der Waals surface area contributed by atoms with Crippen LogP contribution in [-0.2, 0) is 11.3 Å². The van der Waals surface area contributed by atoms with Gasteiger partial charge in [0.1, 0.15) is 5.75 Å². The van der Waals surface area contributed by atoms with E-state index in [4.69, 9.17) is 9.47 Å². The molecule has 0 heterocycles. The molecule has 1 aromatic carbocycles. The summed E-state index contributed by atoms with van der Waals surface area (Å²) in [6.07, 6.45) is 0. The van der Waals surface area contributed by atoms with E-state index < -0.39 is 0 Å². The van der Waals surface area contributed by atoms with Crippen molar-refractivity contribution in [2.24, 2.45) is 0 Å². The number of hydrogen-bond donors (Lipinski definition) is 1. The maximum atomic E-state index is 5.43. The van der Waals surface area contributed by atoms with Crippen molar-refractivity contribution in [2.75, 3.05) is 27.3 Å². The molecule has 0 spiro atoms. The Morgan fingerprint density at radius 1 is 1.20 bits per heavy atom. The van der Waals surface area contributed by atoms with E-state index in [0.29, 0.717) is 6.61 Å². The molecule has 0 saturated carbocycles. The summed E-state index contributed by atoms with van der Waals surface area (Å²) in [7, 11) is 3.58. The van der Waals surface area contributed by atoms with Gasteiger partial charge >= 0.3 is 0 Å². The average Bonchev–Trinajstić information content (AvgIpc) is 2.25. The molecule has 1 rings (SSSR count). The SMILES string of the molecule is CNCCOCc1ccc(OC)cc1.Cl. The van der Waals surface area contributed by atoms with Crippen LogP contribution in [0.5, 0.6) is 5.75 Å². The van der Waals surface area contributed by atoms with E-state index in [1.54, 1.807) is 7.11 Å². The molecular weight excluding hydrogens is 214 g/mol. The molecular formula is C11H18ClNO2. The zero-order valence-electron chi connectivity index (χ0n) is 9.16. The highest BCUT2D eigenvalue weighted by atomic mass is 35.5. The van der Waals surface area contributed by atoms with E-state index in [9.17, 15) is 0 Å². The highest BCUT2D eigenvalue weighted by Crippen LogP contribution is 2.11. The molecule has 3 nitrogen and oxygen atoms in total. The van der Waals surface area contributed by atoms with Gasteiger partial charge in [-0.25, -0.2) is 0 Å². The largest absolute Gasteiger partial charge is 0.497 e. The third-order valence-corrected chi connectivity index (χ3v) is 1.92. The van der Waals surface area contributed by atoms with Crippen LogP contribution in [-0.4, -0.2) is 27.3 Å². The maximum Gasteiger partial charge on any atom is 0.118 e. The van der Waals surface area contributed by atoms with Crippen LogP contribution < -0.4 is 10.1 Å². The molecule has 0 amide bonds. The number of methoxy groups -OCH3 is 1. The molecule has 1 N–H and O–H groups in total. The summed E-state index contributed by atoms with van der Waals surface area (Å²) in [5.74, 6) is 0.879. The van der Waals surface area contributed by atoms with E-state index in [1.165, 1.54) is 5.56 Å². The first-order valence-corrected chi connectivity index (χ1v) is 4.72. The van der Waals surface area contributed by atoms with Gasteiger partial charge in [0, 0.05) is 6.54 Å². The standard InChI is InChI=1S/C11H17NO2.ClH/c1-12-7-8-14-9-10-3-5-11(13-2)6-4-10;/h3-6,12H,7-9H2,1-2H3;1H. The summed E-state index contributed by atoms with van der Waals surface area (Å²) < 4.78 is 10.5. The molecule has 0 atom stereocenters. The second-order valence-electron chi connectivity index (χ2n) is 3.00. The number of halogens is 1. The van der Waals surface area contributed by atoms with Gasteiger partial charge in [0.15, 0.2) is 0 Å². The van der Waals surface area contributed by atoms with Crippen LogP contribution >= 0.6 is 12.4 Å². The zero-order chi connectivity index (χ0) is 10.2. The van der Waals surface area contributed by atoms with Crippen LogP contribution in [0.4, 0.5) is 0 Å². The number of likely N-dealkylation sites (N-methyl/N-ethyl adjacent to an activating group) is 1. The zero-order valence-corrected chi connectivity index (χ0v) is 9.97. The smallest absolute Gasteiger partial charge is 0.118 e. The Kier molecular flexibility index (Phi) is 8.09. The normalized spacial score (nSPS) is 9.47. The molecule has 0 unspecified atom stereocenters. The van der Waals surface area contributed by atoms with Crippen molar-refractivity contribution in [1.82, 2.24) is 5.32 Å². The summed E-state index contributed by atoms with van der Waals surface area (Å²) in [6.45, 7) is 2.28. The lowest BCUT2D eigenvalue weighted by molar-refractivity contribution is 0.124. The molecule has 1 aromatic rings. The van der Waals surface area contributed by atoms with E-state index in [2.05, 4.69) is 5.32 Å². The lowest BCUT2D eigenvalue weighted by atomic mass is 10.2. The van der Waals surface area contributed by atoms with Crippen LogP contribution in [0.1, 0.15) is 5.56 Å². The summed E-state index contributed by atoms with van der Waals surface area (Å²) in [4.78, 5) is 0. The third-order valence-electron chi connectivity index (χ3n) is 1.92. The van der Waals surface area contributed by atoms with Gasteiger partial charge in [-0.3, -0.25) is 0 Å². The number of rotatable bonds is 6. The van der Waals surface area contributed by atoms with E-state index in [-0.39, 0.29) is 12.4 Å². The van der Waals surface area contributed by atoms with Crippen molar-refractivity contribution < 1.29 is 9.47 Å². The summed E-state index contributed by atoms with van der Waals surface area (Å²) in [5, 5.41) is 3.03. The molecule has 0 aliphatic carbocycles. The fourth-order valence-electron chi connectivity index (χ4n) is 1.09. The average molecular weight is 232 g/mol. The second kappa shape index (κ2) is 8.53. The van der Waals surface area contributed by atoms with Crippen LogP contribution in [0, 0.1) is 0 Å². The summed E-state index contributed by atoms with van der Waals surface area (Å²) in [6, 6.07) is 7.91. The molecule has 0 aliphatic heterocycles. The predicted octanol–water partition coefficient (Wildman–Crippen LogP) is 1.85. The molecule has 0 aromatic heterocycles. The summed E-state index contributed by atoms with van der Waals surface area (Å²) >= 11 is 0. The fraction of sp³-hybridized carbons (Fsp3) is 0.455. The minimum absolute atomic E-state index is 0. The first-order valence-electron chi connectivity index (χ1n) is 4.72. The van der Waals surface area contributed by atoms with Crippen LogP contribution in [0.25, 0.3) is 0 Å². The van der Waals surface area contributed by atoms with Gasteiger partial charge < -0.3 is 14.8 Å². The molecule has 0 radical (unpaired) electrons. The first-order chi connectivity index (χ1) is 6.86. The Balaban J connectivity index is 0.00000196. The van der Waals surface area contributed by atoms with Crippen molar-refractivity contribution in [1.29, 1.82) is 0 Å². The molecule has 0 bridgehead atoms. The predicted molar refractivity (Wildman–Crippen MR) is 63.8 cm³/mol. The first kappa shape index (κ1) is 14.2. The Labute approximate surface area is 97.2 Å². The number of hydrogen-bond acceptors (Lipinski definition) is 3.